The summed E-state index contributed by atoms with van der Waals surface area (Å²) in [6.07, 6.45) is 1.51. The van der Waals surface area contributed by atoms with Crippen molar-refractivity contribution in [3.05, 3.63) is 69.6 Å². The molecule has 2 amide bonds. The number of carboxylic acids is 1. The largest absolute Gasteiger partial charge is 0.493 e. The average Bonchev–Trinajstić information content (AvgIpc) is 2.91. The Morgan fingerprint density at radius 3 is 2.71 bits per heavy atom. The third-order valence-corrected chi connectivity index (χ3v) is 5.18. The van der Waals surface area contributed by atoms with E-state index in [1.165, 1.54) is 0 Å². The molecule has 6 nitrogen and oxygen atoms in total. The Hall–Kier alpha value is -2.77. The second kappa shape index (κ2) is 8.95. The number of imide groups is 1. The van der Waals surface area contributed by atoms with Crippen molar-refractivity contribution in [1.29, 1.82) is 0 Å². The predicted molar refractivity (Wildman–Crippen MR) is 107 cm³/mol. The predicted octanol–water partition coefficient (Wildman–Crippen LogP) is 4.43. The molecule has 1 heterocycles. The molecule has 0 atom stereocenters. The smallest absolute Gasteiger partial charge is 0.306 e. The number of ether oxygens (including phenoxy) is 1. The molecule has 0 aromatic heterocycles. The third-order valence-electron chi connectivity index (χ3n) is 3.90. The summed E-state index contributed by atoms with van der Waals surface area (Å²) in [7, 11) is 0. The van der Waals surface area contributed by atoms with Crippen LogP contribution in [-0.2, 0) is 16.1 Å². The van der Waals surface area contributed by atoms with Crippen molar-refractivity contribution in [3.63, 3.8) is 0 Å². The van der Waals surface area contributed by atoms with E-state index in [9.17, 15) is 14.4 Å². The Balaban J connectivity index is 1.73. The van der Waals surface area contributed by atoms with E-state index < -0.39 is 5.97 Å². The molecule has 0 unspecified atom stereocenters. The molecule has 144 valence electrons. The van der Waals surface area contributed by atoms with Crippen molar-refractivity contribution < 1.29 is 24.2 Å². The number of benzene rings is 2. The third kappa shape index (κ3) is 4.94. The molecule has 8 heteroatoms. The topological polar surface area (TPSA) is 83.9 Å². The first-order chi connectivity index (χ1) is 13.4. The van der Waals surface area contributed by atoms with Gasteiger partial charge in [-0.3, -0.25) is 19.3 Å². The molecule has 0 radical (unpaired) electrons. The highest BCUT2D eigenvalue weighted by Gasteiger charge is 2.35. The summed E-state index contributed by atoms with van der Waals surface area (Å²) in [5.74, 6) is -0.833. The van der Waals surface area contributed by atoms with E-state index >= 15 is 0 Å². The lowest BCUT2D eigenvalue weighted by molar-refractivity contribution is -0.137. The van der Waals surface area contributed by atoms with E-state index in [1.54, 1.807) is 54.6 Å². The van der Waals surface area contributed by atoms with E-state index in [1.807, 2.05) is 0 Å². The summed E-state index contributed by atoms with van der Waals surface area (Å²) in [5, 5.41) is 8.80. The van der Waals surface area contributed by atoms with Crippen LogP contribution in [0.4, 0.5) is 4.79 Å². The minimum Gasteiger partial charge on any atom is -0.493 e. The molecular formula is C20H16ClNO5S. The highest BCUT2D eigenvalue weighted by molar-refractivity contribution is 8.18. The molecule has 3 rings (SSSR count). The van der Waals surface area contributed by atoms with Gasteiger partial charge in [-0.05, 0) is 47.2 Å². The van der Waals surface area contributed by atoms with E-state index in [-0.39, 0.29) is 30.7 Å². The van der Waals surface area contributed by atoms with Gasteiger partial charge in [0.05, 0.1) is 24.5 Å². The number of hydrogen-bond donors (Lipinski definition) is 1. The normalized spacial score (nSPS) is 15.3. The Labute approximate surface area is 170 Å². The van der Waals surface area contributed by atoms with Gasteiger partial charge in [-0.2, -0.15) is 0 Å². The number of carbonyl (C=O) groups excluding carboxylic acids is 2. The van der Waals surface area contributed by atoms with Crippen molar-refractivity contribution in [2.24, 2.45) is 0 Å². The van der Waals surface area contributed by atoms with E-state index in [4.69, 9.17) is 21.4 Å². The molecule has 1 fully saturated rings. The zero-order valence-corrected chi connectivity index (χ0v) is 16.2. The summed E-state index contributed by atoms with van der Waals surface area (Å²) in [5.41, 5.74) is 1.37. The lowest BCUT2D eigenvalue weighted by atomic mass is 10.2. The van der Waals surface area contributed by atoms with Crippen molar-refractivity contribution in [2.45, 2.75) is 13.0 Å². The van der Waals surface area contributed by atoms with Crippen LogP contribution in [0.3, 0.4) is 0 Å². The maximum atomic E-state index is 12.6. The monoisotopic (exact) mass is 417 g/mol. The van der Waals surface area contributed by atoms with Gasteiger partial charge in [0.1, 0.15) is 5.75 Å². The van der Waals surface area contributed by atoms with Crippen LogP contribution < -0.4 is 4.74 Å². The highest BCUT2D eigenvalue weighted by atomic mass is 35.5. The Kier molecular flexibility index (Phi) is 6.38. The number of hydrogen-bond acceptors (Lipinski definition) is 5. The molecule has 1 aliphatic heterocycles. The van der Waals surface area contributed by atoms with Gasteiger partial charge in [0.25, 0.3) is 11.1 Å². The van der Waals surface area contributed by atoms with Crippen molar-refractivity contribution in [3.8, 4) is 5.75 Å². The highest BCUT2D eigenvalue weighted by Crippen LogP contribution is 2.34. The number of carboxylic acid groups (broad SMARTS) is 1. The zero-order valence-electron chi connectivity index (χ0n) is 14.6. The van der Waals surface area contributed by atoms with Gasteiger partial charge in [-0.25, -0.2) is 0 Å². The Morgan fingerprint density at radius 2 is 1.96 bits per heavy atom. The fraction of sp³-hybridized carbons (Fsp3) is 0.150. The fourth-order valence-corrected chi connectivity index (χ4v) is 3.57. The molecule has 1 aliphatic rings. The van der Waals surface area contributed by atoms with Crippen LogP contribution in [-0.4, -0.2) is 33.7 Å². The molecule has 1 N–H and O–H groups in total. The first-order valence-corrected chi connectivity index (χ1v) is 9.57. The summed E-state index contributed by atoms with van der Waals surface area (Å²) < 4.78 is 5.39. The lowest BCUT2D eigenvalue weighted by Gasteiger charge is -2.13. The molecule has 0 aliphatic carbocycles. The Bertz CT molecular complexity index is 959. The van der Waals surface area contributed by atoms with Crippen LogP contribution in [0.5, 0.6) is 5.75 Å². The SMILES string of the molecule is O=C(O)CCOc1cccc(/C=C2/SC(=O)N(Cc3ccccc3Cl)C2=O)c1. The zero-order chi connectivity index (χ0) is 20.1. The van der Waals surface area contributed by atoms with E-state index in [2.05, 4.69) is 0 Å². The van der Waals surface area contributed by atoms with Crippen LogP contribution in [0.2, 0.25) is 5.02 Å². The van der Waals surface area contributed by atoms with Gasteiger partial charge in [-0.1, -0.05) is 41.9 Å². The summed E-state index contributed by atoms with van der Waals surface area (Å²) in [6, 6.07) is 13.9. The van der Waals surface area contributed by atoms with Crippen LogP contribution in [0, 0.1) is 0 Å². The van der Waals surface area contributed by atoms with Crippen LogP contribution >= 0.6 is 23.4 Å². The molecule has 0 saturated carbocycles. The van der Waals surface area contributed by atoms with Gasteiger partial charge in [0.2, 0.25) is 0 Å². The average molecular weight is 418 g/mol. The lowest BCUT2D eigenvalue weighted by Crippen LogP contribution is -2.27. The first-order valence-electron chi connectivity index (χ1n) is 8.37. The number of thioether (sulfide) groups is 1. The maximum absolute atomic E-state index is 12.6. The fourth-order valence-electron chi connectivity index (χ4n) is 2.53. The molecule has 2 aromatic rings. The molecule has 0 spiro atoms. The number of nitrogens with zero attached hydrogens (tertiary/aromatic N) is 1. The summed E-state index contributed by atoms with van der Waals surface area (Å²) in [6.45, 7) is 0.160. The number of halogens is 1. The second-order valence-corrected chi connectivity index (χ2v) is 7.32. The number of rotatable bonds is 7. The van der Waals surface area contributed by atoms with Gasteiger partial charge >= 0.3 is 5.97 Å². The standard InChI is InChI=1S/C20H16ClNO5S/c21-16-7-2-1-5-14(16)12-22-19(25)17(28-20(22)26)11-13-4-3-6-15(10-13)27-9-8-18(23)24/h1-7,10-11H,8-9,12H2,(H,23,24)/b17-11+. The number of aliphatic carboxylic acids is 1. The number of carbonyl (C=O) groups is 3. The van der Waals surface area contributed by atoms with Crippen LogP contribution in [0.1, 0.15) is 17.5 Å². The molecule has 0 bridgehead atoms. The molecule has 1 saturated heterocycles. The Morgan fingerprint density at radius 1 is 1.18 bits per heavy atom. The molecular weight excluding hydrogens is 402 g/mol. The quantitative estimate of drug-likeness (QED) is 0.671. The van der Waals surface area contributed by atoms with Crippen molar-refractivity contribution >= 4 is 46.6 Å². The van der Waals surface area contributed by atoms with Crippen molar-refractivity contribution in [2.75, 3.05) is 6.61 Å². The molecule has 2 aromatic carbocycles. The van der Waals surface area contributed by atoms with Gasteiger partial charge in [0.15, 0.2) is 0 Å². The van der Waals surface area contributed by atoms with E-state index in [0.717, 1.165) is 16.7 Å². The van der Waals surface area contributed by atoms with E-state index in [0.29, 0.717) is 26.8 Å². The minimum absolute atomic E-state index is 0.0487. The van der Waals surface area contributed by atoms with Gasteiger partial charge in [0, 0.05) is 5.02 Å². The van der Waals surface area contributed by atoms with Gasteiger partial charge in [-0.15, -0.1) is 0 Å². The summed E-state index contributed by atoms with van der Waals surface area (Å²) >= 11 is 6.99. The number of amides is 2. The molecule has 28 heavy (non-hydrogen) atoms. The van der Waals surface area contributed by atoms with Gasteiger partial charge < -0.3 is 9.84 Å². The van der Waals surface area contributed by atoms with Crippen molar-refractivity contribution in [1.82, 2.24) is 4.90 Å². The van der Waals surface area contributed by atoms with Crippen LogP contribution in [0.15, 0.2) is 53.4 Å². The maximum Gasteiger partial charge on any atom is 0.306 e. The second-order valence-electron chi connectivity index (χ2n) is 5.92. The minimum atomic E-state index is -0.941. The summed E-state index contributed by atoms with van der Waals surface area (Å²) in [4.78, 5) is 36.9. The first kappa shape index (κ1) is 20.0. The van der Waals surface area contributed by atoms with Crippen LogP contribution in [0.25, 0.3) is 6.08 Å².